The van der Waals surface area contributed by atoms with E-state index >= 15 is 0 Å². The Morgan fingerprint density at radius 3 is 2.96 bits per heavy atom. The van der Waals surface area contributed by atoms with Crippen LogP contribution >= 0.6 is 11.8 Å². The van der Waals surface area contributed by atoms with Crippen LogP contribution in [-0.4, -0.2) is 34.7 Å². The summed E-state index contributed by atoms with van der Waals surface area (Å²) in [6, 6.07) is 6.08. The zero-order valence-corrected chi connectivity index (χ0v) is 16.7. The number of hydrogen-bond donors (Lipinski definition) is 1. The minimum Gasteiger partial charge on any atom is -0.479 e. The number of carbonyl (C=O) groups excluding carboxylic acids is 1. The van der Waals surface area contributed by atoms with Gasteiger partial charge >= 0.3 is 0 Å². The van der Waals surface area contributed by atoms with Gasteiger partial charge in [-0.2, -0.15) is 4.91 Å². The van der Waals surface area contributed by atoms with Crippen LogP contribution in [0.5, 0.6) is 5.75 Å². The second-order valence-electron chi connectivity index (χ2n) is 7.24. The van der Waals surface area contributed by atoms with E-state index in [9.17, 15) is 14.8 Å². The Kier molecular flexibility index (Phi) is 7.23. The lowest BCUT2D eigenvalue weighted by Gasteiger charge is -2.31. The van der Waals surface area contributed by atoms with Crippen LogP contribution in [0.3, 0.4) is 0 Å². The molecule has 1 saturated heterocycles. The van der Waals surface area contributed by atoms with Crippen molar-refractivity contribution in [3.63, 3.8) is 0 Å². The summed E-state index contributed by atoms with van der Waals surface area (Å²) in [6.45, 7) is 2.23. The van der Waals surface area contributed by atoms with Crippen molar-refractivity contribution in [1.82, 2.24) is 0 Å². The fourth-order valence-electron chi connectivity index (χ4n) is 3.44. The van der Waals surface area contributed by atoms with Crippen molar-refractivity contribution in [1.29, 1.82) is 0 Å². The molecular formula is C22H25NO4S. The highest BCUT2D eigenvalue weighted by Crippen LogP contribution is 2.35. The largest absolute Gasteiger partial charge is 0.479 e. The van der Waals surface area contributed by atoms with Crippen LogP contribution in [0.4, 0.5) is 0 Å². The fourth-order valence-corrected chi connectivity index (χ4v) is 4.84. The van der Waals surface area contributed by atoms with Gasteiger partial charge in [0.1, 0.15) is 17.5 Å². The molecule has 1 aromatic carbocycles. The fraction of sp³-hybridized carbons (Fsp3) is 0.409. The molecule has 1 aliphatic carbocycles. The zero-order chi connectivity index (χ0) is 19.9. The summed E-state index contributed by atoms with van der Waals surface area (Å²) in [5.74, 6) is 0.785. The number of nitrogens with zero attached hydrogens (tertiary/aromatic N) is 1. The predicted octanol–water partition coefficient (Wildman–Crippen LogP) is 4.28. The Labute approximate surface area is 169 Å². The molecule has 0 bridgehead atoms. The van der Waals surface area contributed by atoms with Crippen LogP contribution in [0.25, 0.3) is 0 Å². The summed E-state index contributed by atoms with van der Waals surface area (Å²) in [7, 11) is 0. The van der Waals surface area contributed by atoms with Crippen molar-refractivity contribution < 1.29 is 14.6 Å². The van der Waals surface area contributed by atoms with Gasteiger partial charge in [0.25, 0.3) is 0 Å². The number of benzene rings is 1. The van der Waals surface area contributed by atoms with Crippen LogP contribution in [0, 0.1) is 11.8 Å². The maximum atomic E-state index is 11.0. The third kappa shape index (κ3) is 5.66. The molecule has 1 fully saturated rings. The van der Waals surface area contributed by atoms with Gasteiger partial charge in [0, 0.05) is 18.1 Å². The number of hydrogen-bond acceptors (Lipinski definition) is 6. The summed E-state index contributed by atoms with van der Waals surface area (Å²) in [6.07, 6.45) is 10.7. The van der Waals surface area contributed by atoms with E-state index in [4.69, 9.17) is 4.74 Å². The summed E-state index contributed by atoms with van der Waals surface area (Å²) in [5.41, 5.74) is 3.85. The van der Waals surface area contributed by atoms with Crippen LogP contribution in [0.2, 0.25) is 0 Å². The summed E-state index contributed by atoms with van der Waals surface area (Å²) in [4.78, 5) is 21.6. The molecular weight excluding hydrogens is 374 g/mol. The molecule has 6 heteroatoms. The Morgan fingerprint density at radius 1 is 1.32 bits per heavy atom. The molecule has 5 nitrogen and oxygen atoms in total. The Hall–Kier alpha value is -2.18. The molecule has 3 atom stereocenters. The molecule has 0 radical (unpaired) electrons. The van der Waals surface area contributed by atoms with Crippen molar-refractivity contribution in [3.8, 4) is 5.75 Å². The van der Waals surface area contributed by atoms with E-state index in [2.05, 4.69) is 11.2 Å². The van der Waals surface area contributed by atoms with Gasteiger partial charge in [0.05, 0.1) is 12.6 Å². The van der Waals surface area contributed by atoms with Crippen LogP contribution in [-0.2, 0) is 11.2 Å². The highest BCUT2D eigenvalue weighted by Gasteiger charge is 2.30. The second kappa shape index (κ2) is 9.85. The number of aliphatic hydroxyl groups is 1. The second-order valence-corrected chi connectivity index (χ2v) is 8.70. The van der Waals surface area contributed by atoms with Crippen molar-refractivity contribution in [2.24, 2.45) is 5.18 Å². The number of rotatable bonds is 7. The molecule has 0 spiro atoms. The van der Waals surface area contributed by atoms with Crippen molar-refractivity contribution in [2.45, 2.75) is 49.4 Å². The topological polar surface area (TPSA) is 76.0 Å². The summed E-state index contributed by atoms with van der Waals surface area (Å²) < 4.78 is 6.24. The average Bonchev–Trinajstić information content (AvgIpc) is 2.89. The number of carbonyl (C=O) groups is 1. The normalized spacial score (nSPS) is 24.7. The molecule has 1 aromatic rings. The first-order valence-corrected chi connectivity index (χ1v) is 10.4. The van der Waals surface area contributed by atoms with Crippen LogP contribution < -0.4 is 4.74 Å². The standard InChI is InChI=1S/C22H25NO4S/c1-15-5-8-21(27-22-12-19(25)11-20(28-22)13-23-26)18(9-15)10-16-3-2-4-17(14-24)7-6-16/h2-3,5-9,14,19-20,22,25H,4,10-13H2,1H3. The molecule has 28 heavy (non-hydrogen) atoms. The van der Waals surface area contributed by atoms with E-state index in [1.165, 1.54) is 0 Å². The Balaban J connectivity index is 1.77. The highest BCUT2D eigenvalue weighted by molar-refractivity contribution is 8.00. The number of ether oxygens (including phenoxy) is 1. The number of aryl methyl sites for hydroxylation is 1. The quantitative estimate of drug-likeness (QED) is 0.547. The van der Waals surface area contributed by atoms with Crippen molar-refractivity contribution in [3.05, 3.63) is 69.7 Å². The van der Waals surface area contributed by atoms with Gasteiger partial charge in [-0.15, -0.1) is 11.8 Å². The van der Waals surface area contributed by atoms with Gasteiger partial charge in [-0.1, -0.05) is 47.2 Å². The smallest absolute Gasteiger partial charge is 0.147 e. The van der Waals surface area contributed by atoms with Gasteiger partial charge < -0.3 is 9.84 Å². The lowest BCUT2D eigenvalue weighted by atomic mass is 10.0. The first-order valence-electron chi connectivity index (χ1n) is 9.47. The van der Waals surface area contributed by atoms with Gasteiger partial charge in [-0.3, -0.25) is 4.79 Å². The number of aldehydes is 1. The van der Waals surface area contributed by atoms with E-state index in [0.29, 0.717) is 25.7 Å². The lowest BCUT2D eigenvalue weighted by molar-refractivity contribution is -0.105. The SMILES string of the molecule is Cc1ccc(OC2CC(O)CC(CN=O)S2)c(CC2=CC=C(C=O)CC=C2)c1. The predicted molar refractivity (Wildman–Crippen MR) is 113 cm³/mol. The number of allylic oxidation sites excluding steroid dienone is 6. The highest BCUT2D eigenvalue weighted by atomic mass is 32.2. The molecule has 1 aliphatic heterocycles. The van der Waals surface area contributed by atoms with Gasteiger partial charge in [0.15, 0.2) is 0 Å². The average molecular weight is 400 g/mol. The van der Waals surface area contributed by atoms with E-state index in [1.54, 1.807) is 11.8 Å². The van der Waals surface area contributed by atoms with E-state index in [-0.39, 0.29) is 17.2 Å². The lowest BCUT2D eigenvalue weighted by Crippen LogP contribution is -2.33. The summed E-state index contributed by atoms with van der Waals surface area (Å²) >= 11 is 1.57. The van der Waals surface area contributed by atoms with Gasteiger partial charge in [-0.05, 0) is 42.5 Å². The molecule has 0 saturated carbocycles. The van der Waals surface area contributed by atoms with Gasteiger partial charge in [0.2, 0.25) is 0 Å². The minimum absolute atomic E-state index is 0.0143. The van der Waals surface area contributed by atoms with E-state index < -0.39 is 6.10 Å². The van der Waals surface area contributed by atoms with Crippen molar-refractivity contribution in [2.75, 3.05) is 6.54 Å². The number of thioether (sulfide) groups is 1. The first-order chi connectivity index (χ1) is 13.6. The Morgan fingerprint density at radius 2 is 2.18 bits per heavy atom. The van der Waals surface area contributed by atoms with Crippen molar-refractivity contribution >= 4 is 18.0 Å². The first kappa shape index (κ1) is 20.6. The van der Waals surface area contributed by atoms with E-state index in [0.717, 1.165) is 34.3 Å². The van der Waals surface area contributed by atoms with Gasteiger partial charge in [-0.25, -0.2) is 0 Å². The maximum absolute atomic E-state index is 11.0. The molecule has 0 aromatic heterocycles. The van der Waals surface area contributed by atoms with E-state index in [1.807, 2.05) is 43.4 Å². The molecule has 1 heterocycles. The molecule has 0 amide bonds. The summed E-state index contributed by atoms with van der Waals surface area (Å²) in [5, 5.41) is 13.1. The monoisotopic (exact) mass is 399 g/mol. The van der Waals surface area contributed by atoms with Crippen LogP contribution in [0.15, 0.2) is 58.8 Å². The zero-order valence-electron chi connectivity index (χ0n) is 15.9. The molecule has 148 valence electrons. The third-order valence-electron chi connectivity index (χ3n) is 4.84. The van der Waals surface area contributed by atoms with Crippen LogP contribution in [0.1, 0.15) is 30.4 Å². The third-order valence-corrected chi connectivity index (χ3v) is 6.16. The molecule has 3 rings (SSSR count). The molecule has 2 aliphatic rings. The molecule has 3 unspecified atom stereocenters. The maximum Gasteiger partial charge on any atom is 0.147 e. The minimum atomic E-state index is -0.480. The molecule has 1 N–H and O–H groups in total. The Bertz CT molecular complexity index is 815. The number of nitroso groups, excluding NO2 is 1. The number of aliphatic hydroxyl groups excluding tert-OH is 1.